The molecule has 0 atom stereocenters. The van der Waals surface area contributed by atoms with Crippen LogP contribution in [0.4, 0.5) is 0 Å². The summed E-state index contributed by atoms with van der Waals surface area (Å²) in [6, 6.07) is 7.98. The third-order valence-corrected chi connectivity index (χ3v) is 4.52. The Hall–Kier alpha value is -1.46. The van der Waals surface area contributed by atoms with Crippen LogP contribution in [0.5, 0.6) is 0 Å². The van der Waals surface area contributed by atoms with Gasteiger partial charge in [-0.05, 0) is 31.5 Å². The number of aromatic amines is 1. The Labute approximate surface area is 122 Å². The summed E-state index contributed by atoms with van der Waals surface area (Å²) in [6.07, 6.45) is 0. The molecule has 0 unspecified atom stereocenters. The molecule has 0 fully saturated rings. The molecule has 5 heteroatoms. The maximum Gasteiger partial charge on any atom is 0.260 e. The van der Waals surface area contributed by atoms with Gasteiger partial charge in [0.05, 0.1) is 5.39 Å². The summed E-state index contributed by atoms with van der Waals surface area (Å²) in [4.78, 5) is 21.3. The Morgan fingerprint density at radius 3 is 2.58 bits per heavy atom. The number of aromatic nitrogens is 2. The molecule has 2 aromatic heterocycles. The van der Waals surface area contributed by atoms with E-state index in [4.69, 9.17) is 0 Å². The molecule has 3 aromatic rings. The molecule has 1 N–H and O–H groups in total. The van der Waals surface area contributed by atoms with Crippen LogP contribution >= 0.6 is 27.3 Å². The number of halogens is 1. The van der Waals surface area contributed by atoms with Crippen molar-refractivity contribution in [1.82, 2.24) is 9.97 Å². The molecule has 96 valence electrons. The lowest BCUT2D eigenvalue weighted by molar-refractivity contribution is 1.07. The Morgan fingerprint density at radius 2 is 1.89 bits per heavy atom. The van der Waals surface area contributed by atoms with Crippen LogP contribution < -0.4 is 5.56 Å². The molecular weight excluding hydrogens is 324 g/mol. The lowest BCUT2D eigenvalue weighted by atomic mass is 10.0. The van der Waals surface area contributed by atoms with Crippen molar-refractivity contribution in [3.8, 4) is 11.1 Å². The summed E-state index contributed by atoms with van der Waals surface area (Å²) in [5.41, 5.74) is 1.97. The Morgan fingerprint density at radius 1 is 1.21 bits per heavy atom. The first kappa shape index (κ1) is 12.6. The molecule has 1 aromatic carbocycles. The van der Waals surface area contributed by atoms with Gasteiger partial charge in [0.2, 0.25) is 0 Å². The van der Waals surface area contributed by atoms with Crippen LogP contribution in [-0.2, 0) is 0 Å². The maximum absolute atomic E-state index is 12.2. The molecule has 3 nitrogen and oxygen atoms in total. The van der Waals surface area contributed by atoms with Crippen molar-refractivity contribution in [2.24, 2.45) is 0 Å². The van der Waals surface area contributed by atoms with E-state index in [-0.39, 0.29) is 5.56 Å². The first-order valence-corrected chi connectivity index (χ1v) is 7.43. The number of fused-ring (bicyclic) bond motifs is 1. The van der Waals surface area contributed by atoms with Crippen LogP contribution in [0, 0.1) is 13.8 Å². The van der Waals surface area contributed by atoms with Crippen molar-refractivity contribution in [3.05, 3.63) is 49.8 Å². The maximum atomic E-state index is 12.2. The number of benzene rings is 1. The molecular formula is C14H11BrN2OS. The third-order valence-electron chi connectivity index (χ3n) is 2.99. The topological polar surface area (TPSA) is 45.8 Å². The zero-order chi connectivity index (χ0) is 13.6. The summed E-state index contributed by atoms with van der Waals surface area (Å²) < 4.78 is 1.02. The normalized spacial score (nSPS) is 11.1. The fraction of sp³-hybridized carbons (Fsp3) is 0.143. The number of nitrogens with one attached hydrogen (secondary N) is 1. The van der Waals surface area contributed by atoms with Gasteiger partial charge in [0.15, 0.2) is 0 Å². The second-order valence-electron chi connectivity index (χ2n) is 4.37. The first-order chi connectivity index (χ1) is 9.06. The van der Waals surface area contributed by atoms with E-state index < -0.39 is 0 Å². The number of thiophene rings is 1. The molecule has 0 aliphatic rings. The van der Waals surface area contributed by atoms with Crippen LogP contribution in [0.1, 0.15) is 10.7 Å². The van der Waals surface area contributed by atoms with E-state index in [1.807, 2.05) is 31.2 Å². The fourth-order valence-corrected chi connectivity index (χ4v) is 3.55. The molecule has 0 aliphatic carbocycles. The minimum Gasteiger partial charge on any atom is -0.310 e. The summed E-state index contributed by atoms with van der Waals surface area (Å²) in [6.45, 7) is 3.83. The molecule has 0 saturated heterocycles. The number of nitrogens with zero attached hydrogens (tertiary/aromatic N) is 1. The van der Waals surface area contributed by atoms with E-state index in [9.17, 15) is 4.79 Å². The lowest BCUT2D eigenvalue weighted by Crippen LogP contribution is -2.08. The van der Waals surface area contributed by atoms with Crippen LogP contribution in [0.3, 0.4) is 0 Å². The van der Waals surface area contributed by atoms with Crippen LogP contribution in [-0.4, -0.2) is 9.97 Å². The van der Waals surface area contributed by atoms with Gasteiger partial charge in [0.25, 0.3) is 5.56 Å². The van der Waals surface area contributed by atoms with Gasteiger partial charge in [0, 0.05) is 14.9 Å². The van der Waals surface area contributed by atoms with Crippen molar-refractivity contribution in [3.63, 3.8) is 0 Å². The van der Waals surface area contributed by atoms with E-state index in [2.05, 4.69) is 25.9 Å². The number of hydrogen-bond donors (Lipinski definition) is 1. The first-order valence-electron chi connectivity index (χ1n) is 5.82. The molecule has 0 bridgehead atoms. The van der Waals surface area contributed by atoms with Gasteiger partial charge >= 0.3 is 0 Å². The van der Waals surface area contributed by atoms with Gasteiger partial charge in [-0.1, -0.05) is 28.1 Å². The second kappa shape index (κ2) is 4.58. The zero-order valence-electron chi connectivity index (χ0n) is 10.5. The van der Waals surface area contributed by atoms with Crippen molar-refractivity contribution in [2.45, 2.75) is 13.8 Å². The Balaban J connectivity index is 2.38. The molecule has 0 amide bonds. The fourth-order valence-electron chi connectivity index (χ4n) is 2.19. The SMILES string of the molecule is Cc1nc2sc(C)c(-c3ccc(Br)cc3)c2c(=O)[nH]1. The summed E-state index contributed by atoms with van der Waals surface area (Å²) in [7, 11) is 0. The molecule has 2 heterocycles. The number of H-pyrrole nitrogens is 1. The predicted molar refractivity (Wildman–Crippen MR) is 82.9 cm³/mol. The number of rotatable bonds is 1. The standard InChI is InChI=1S/C14H11BrN2OS/c1-7-11(9-3-5-10(15)6-4-9)12-13(18)16-8(2)17-14(12)19-7/h3-6H,1-2H3,(H,16,17,18). The van der Waals surface area contributed by atoms with Crippen molar-refractivity contribution < 1.29 is 0 Å². The molecule has 3 rings (SSSR count). The largest absolute Gasteiger partial charge is 0.310 e. The minimum absolute atomic E-state index is 0.0650. The van der Waals surface area contributed by atoms with Gasteiger partial charge in [-0.15, -0.1) is 11.3 Å². The minimum atomic E-state index is -0.0650. The van der Waals surface area contributed by atoms with E-state index in [0.29, 0.717) is 11.2 Å². The van der Waals surface area contributed by atoms with Crippen LogP contribution in [0.25, 0.3) is 21.3 Å². The molecule has 0 radical (unpaired) electrons. The predicted octanol–water partition coefficient (Wildman–Crippen LogP) is 4.03. The quantitative estimate of drug-likeness (QED) is 0.730. The molecule has 19 heavy (non-hydrogen) atoms. The Bertz CT molecular complexity index is 818. The molecule has 0 saturated carbocycles. The number of hydrogen-bond acceptors (Lipinski definition) is 3. The highest BCUT2D eigenvalue weighted by Gasteiger charge is 2.15. The van der Waals surface area contributed by atoms with Crippen molar-refractivity contribution >= 4 is 37.5 Å². The average Bonchev–Trinajstić information content (AvgIpc) is 2.66. The van der Waals surface area contributed by atoms with E-state index in [1.165, 1.54) is 0 Å². The lowest BCUT2D eigenvalue weighted by Gasteiger charge is -2.02. The van der Waals surface area contributed by atoms with Crippen molar-refractivity contribution in [1.29, 1.82) is 0 Å². The highest BCUT2D eigenvalue weighted by Crippen LogP contribution is 2.35. The monoisotopic (exact) mass is 334 g/mol. The van der Waals surface area contributed by atoms with Gasteiger partial charge in [-0.2, -0.15) is 0 Å². The summed E-state index contributed by atoms with van der Waals surface area (Å²) >= 11 is 4.99. The van der Waals surface area contributed by atoms with E-state index in [0.717, 1.165) is 25.3 Å². The Kier molecular flexibility index (Phi) is 3.03. The van der Waals surface area contributed by atoms with E-state index >= 15 is 0 Å². The average molecular weight is 335 g/mol. The van der Waals surface area contributed by atoms with Crippen LogP contribution in [0.2, 0.25) is 0 Å². The highest BCUT2D eigenvalue weighted by molar-refractivity contribution is 9.10. The second-order valence-corrected chi connectivity index (χ2v) is 6.49. The van der Waals surface area contributed by atoms with Crippen LogP contribution in [0.15, 0.2) is 33.5 Å². The van der Waals surface area contributed by atoms with E-state index in [1.54, 1.807) is 18.3 Å². The summed E-state index contributed by atoms with van der Waals surface area (Å²) in [5, 5.41) is 0.690. The smallest absolute Gasteiger partial charge is 0.260 e. The molecule has 0 aliphatic heterocycles. The van der Waals surface area contributed by atoms with Gasteiger partial charge in [0.1, 0.15) is 10.7 Å². The third kappa shape index (κ3) is 2.13. The van der Waals surface area contributed by atoms with Crippen molar-refractivity contribution in [2.75, 3.05) is 0 Å². The summed E-state index contributed by atoms with van der Waals surface area (Å²) in [5.74, 6) is 0.654. The van der Waals surface area contributed by atoms with Gasteiger partial charge in [-0.25, -0.2) is 4.98 Å². The molecule has 0 spiro atoms. The zero-order valence-corrected chi connectivity index (χ0v) is 12.9. The van der Waals surface area contributed by atoms with Gasteiger partial charge < -0.3 is 4.98 Å². The highest BCUT2D eigenvalue weighted by atomic mass is 79.9. The number of aryl methyl sites for hydroxylation is 2. The van der Waals surface area contributed by atoms with Gasteiger partial charge in [-0.3, -0.25) is 4.79 Å².